The fraction of sp³-hybridized carbons (Fsp3) is 0.0526. The lowest BCUT2D eigenvalue weighted by atomic mass is 9.82. The molecule has 0 spiro atoms. The van der Waals surface area contributed by atoms with Crippen LogP contribution in [0, 0.1) is 0 Å². The minimum Gasteiger partial charge on any atom is -0.455 e. The summed E-state index contributed by atoms with van der Waals surface area (Å²) in [4.78, 5) is 2.37. The van der Waals surface area contributed by atoms with Gasteiger partial charge in [0.25, 0.3) is 0 Å². The maximum Gasteiger partial charge on any atom is 0.143 e. The summed E-state index contributed by atoms with van der Waals surface area (Å²) in [6.07, 6.45) is 0. The Hall–Kier alpha value is -7.42. The first-order valence-electron chi connectivity index (χ1n) is 20.5. The second-order valence-electron chi connectivity index (χ2n) is 16.5. The van der Waals surface area contributed by atoms with E-state index in [1.807, 2.05) is 0 Å². The molecular formula is C57H39NO. The standard InChI is InChI=1S/C57H39NO/c1-57(2)53-29-27-45(34-51(53)50-31-39-14-8-9-15-40(39)32-54(50)57)58(43-16-4-3-5-17-43)44-25-22-37(23-26-44)41-24-28-47-52-35-49(42-21-20-36-12-6-7-13-38(36)30-42)46-18-10-11-19-48(46)56(52)59-55(47)33-41/h3-35H,1-2H3. The van der Waals surface area contributed by atoms with Crippen molar-refractivity contribution in [2.75, 3.05) is 4.90 Å². The van der Waals surface area contributed by atoms with Crippen molar-refractivity contribution in [1.82, 2.24) is 0 Å². The van der Waals surface area contributed by atoms with Gasteiger partial charge in [0.2, 0.25) is 0 Å². The molecule has 0 radical (unpaired) electrons. The molecule has 2 nitrogen and oxygen atoms in total. The Morgan fingerprint density at radius 2 is 0.966 bits per heavy atom. The first-order chi connectivity index (χ1) is 29.0. The van der Waals surface area contributed by atoms with E-state index in [9.17, 15) is 0 Å². The number of para-hydroxylation sites is 1. The number of hydrogen-bond acceptors (Lipinski definition) is 2. The predicted molar refractivity (Wildman–Crippen MR) is 249 cm³/mol. The fourth-order valence-electron chi connectivity index (χ4n) is 9.76. The lowest BCUT2D eigenvalue weighted by molar-refractivity contribution is 0.661. The van der Waals surface area contributed by atoms with E-state index < -0.39 is 0 Å². The van der Waals surface area contributed by atoms with Crippen LogP contribution in [0.2, 0.25) is 0 Å². The Balaban J connectivity index is 0.937. The number of fused-ring (bicyclic) bond motifs is 10. The quantitative estimate of drug-likeness (QED) is 0.174. The van der Waals surface area contributed by atoms with Gasteiger partial charge >= 0.3 is 0 Å². The van der Waals surface area contributed by atoms with Gasteiger partial charge in [-0.1, -0.05) is 141 Å². The molecule has 1 aliphatic rings. The van der Waals surface area contributed by atoms with E-state index in [2.05, 4.69) is 219 Å². The molecule has 278 valence electrons. The van der Waals surface area contributed by atoms with Crippen LogP contribution in [-0.4, -0.2) is 0 Å². The average Bonchev–Trinajstić information content (AvgIpc) is 3.76. The summed E-state index contributed by atoms with van der Waals surface area (Å²) in [7, 11) is 0. The van der Waals surface area contributed by atoms with Crippen molar-refractivity contribution < 1.29 is 4.42 Å². The molecule has 0 unspecified atom stereocenters. The Labute approximate surface area is 343 Å². The minimum absolute atomic E-state index is 0.0833. The van der Waals surface area contributed by atoms with Crippen LogP contribution < -0.4 is 4.90 Å². The monoisotopic (exact) mass is 753 g/mol. The topological polar surface area (TPSA) is 16.4 Å². The van der Waals surface area contributed by atoms with Gasteiger partial charge in [-0.15, -0.1) is 0 Å². The third-order valence-corrected chi connectivity index (χ3v) is 12.8. The van der Waals surface area contributed by atoms with Crippen LogP contribution in [-0.2, 0) is 5.41 Å². The first kappa shape index (κ1) is 33.7. The molecule has 1 heterocycles. The molecule has 0 bridgehead atoms. The summed E-state index contributed by atoms with van der Waals surface area (Å²) >= 11 is 0. The molecule has 1 aromatic heterocycles. The van der Waals surface area contributed by atoms with Crippen molar-refractivity contribution in [3.63, 3.8) is 0 Å². The van der Waals surface area contributed by atoms with Crippen LogP contribution in [0.4, 0.5) is 17.1 Å². The van der Waals surface area contributed by atoms with Gasteiger partial charge in [-0.05, 0) is 144 Å². The molecule has 11 aromatic rings. The number of hydrogen-bond donors (Lipinski definition) is 0. The molecule has 0 amide bonds. The summed E-state index contributed by atoms with van der Waals surface area (Å²) in [5, 5.41) is 9.63. The highest BCUT2D eigenvalue weighted by molar-refractivity contribution is 6.19. The van der Waals surface area contributed by atoms with Gasteiger partial charge in [0.05, 0.1) is 0 Å². The fourth-order valence-corrected chi connectivity index (χ4v) is 9.76. The van der Waals surface area contributed by atoms with Crippen molar-refractivity contribution >= 4 is 71.3 Å². The minimum atomic E-state index is -0.0833. The summed E-state index contributed by atoms with van der Waals surface area (Å²) < 4.78 is 6.76. The molecule has 1 aliphatic carbocycles. The van der Waals surface area contributed by atoms with Crippen LogP contribution in [0.15, 0.2) is 205 Å². The van der Waals surface area contributed by atoms with Crippen molar-refractivity contribution in [2.45, 2.75) is 19.3 Å². The first-order valence-corrected chi connectivity index (χ1v) is 20.5. The third kappa shape index (κ3) is 5.26. The number of benzene rings is 10. The molecule has 0 saturated heterocycles. The number of rotatable bonds is 5. The third-order valence-electron chi connectivity index (χ3n) is 12.8. The van der Waals surface area contributed by atoms with E-state index in [1.165, 1.54) is 60.3 Å². The lowest BCUT2D eigenvalue weighted by Crippen LogP contribution is -2.15. The van der Waals surface area contributed by atoms with Crippen LogP contribution in [0.25, 0.3) is 87.6 Å². The van der Waals surface area contributed by atoms with E-state index >= 15 is 0 Å². The zero-order valence-corrected chi connectivity index (χ0v) is 32.9. The zero-order valence-electron chi connectivity index (χ0n) is 32.9. The summed E-state index contributed by atoms with van der Waals surface area (Å²) in [6.45, 7) is 4.71. The maximum atomic E-state index is 6.76. The van der Waals surface area contributed by atoms with E-state index in [0.717, 1.165) is 55.5 Å². The second kappa shape index (κ2) is 12.8. The van der Waals surface area contributed by atoms with Gasteiger partial charge in [0.1, 0.15) is 11.2 Å². The molecule has 10 aromatic carbocycles. The highest BCUT2D eigenvalue weighted by Gasteiger charge is 2.36. The second-order valence-corrected chi connectivity index (χ2v) is 16.5. The summed E-state index contributed by atoms with van der Waals surface area (Å²) in [5.41, 5.74) is 15.2. The molecule has 0 fully saturated rings. The van der Waals surface area contributed by atoms with Crippen LogP contribution >= 0.6 is 0 Å². The molecular weight excluding hydrogens is 715 g/mol. The van der Waals surface area contributed by atoms with E-state index in [0.29, 0.717) is 0 Å². The van der Waals surface area contributed by atoms with E-state index in [1.54, 1.807) is 0 Å². The van der Waals surface area contributed by atoms with E-state index in [-0.39, 0.29) is 5.41 Å². The highest BCUT2D eigenvalue weighted by atomic mass is 16.3. The van der Waals surface area contributed by atoms with Crippen LogP contribution in [0.1, 0.15) is 25.0 Å². The summed E-state index contributed by atoms with van der Waals surface area (Å²) in [6, 6.07) is 73.1. The zero-order chi connectivity index (χ0) is 39.2. The Bertz CT molecular complexity index is 3460. The molecule has 0 N–H and O–H groups in total. The Morgan fingerprint density at radius 3 is 1.76 bits per heavy atom. The molecule has 12 rings (SSSR count). The van der Waals surface area contributed by atoms with Gasteiger partial charge in [-0.2, -0.15) is 0 Å². The van der Waals surface area contributed by atoms with Crippen molar-refractivity contribution in [3.05, 3.63) is 211 Å². The highest BCUT2D eigenvalue weighted by Crippen LogP contribution is 2.52. The molecule has 0 aliphatic heterocycles. The Morgan fingerprint density at radius 1 is 0.356 bits per heavy atom. The number of nitrogens with zero attached hydrogens (tertiary/aromatic N) is 1. The van der Waals surface area contributed by atoms with Gasteiger partial charge in [0.15, 0.2) is 0 Å². The smallest absolute Gasteiger partial charge is 0.143 e. The number of anilines is 3. The van der Waals surface area contributed by atoms with Gasteiger partial charge in [0, 0.05) is 38.6 Å². The van der Waals surface area contributed by atoms with E-state index in [4.69, 9.17) is 4.42 Å². The van der Waals surface area contributed by atoms with Crippen LogP contribution in [0.3, 0.4) is 0 Å². The summed E-state index contributed by atoms with van der Waals surface area (Å²) in [5.74, 6) is 0. The number of furan rings is 1. The average molecular weight is 754 g/mol. The lowest BCUT2D eigenvalue weighted by Gasteiger charge is -2.27. The van der Waals surface area contributed by atoms with Gasteiger partial charge in [-0.3, -0.25) is 0 Å². The van der Waals surface area contributed by atoms with Crippen molar-refractivity contribution in [3.8, 4) is 33.4 Å². The predicted octanol–water partition coefficient (Wildman–Crippen LogP) is 16.2. The molecule has 2 heteroatoms. The molecule has 0 atom stereocenters. The molecule has 0 saturated carbocycles. The largest absolute Gasteiger partial charge is 0.455 e. The van der Waals surface area contributed by atoms with Gasteiger partial charge in [-0.25, -0.2) is 0 Å². The van der Waals surface area contributed by atoms with Crippen molar-refractivity contribution in [2.24, 2.45) is 0 Å². The van der Waals surface area contributed by atoms with Crippen LogP contribution in [0.5, 0.6) is 0 Å². The SMILES string of the molecule is CC1(C)c2ccc(N(c3ccccc3)c3ccc(-c4ccc5c(c4)oc4c6ccccc6c(-c6ccc7ccccc7c6)cc54)cc3)cc2-c2cc3ccccc3cc21. The normalized spacial score (nSPS) is 13.1. The van der Waals surface area contributed by atoms with Gasteiger partial charge < -0.3 is 9.32 Å². The molecule has 59 heavy (non-hydrogen) atoms. The maximum absolute atomic E-state index is 6.76. The van der Waals surface area contributed by atoms with Crippen molar-refractivity contribution in [1.29, 1.82) is 0 Å². The Kier molecular flexibility index (Phi) is 7.31.